The van der Waals surface area contributed by atoms with Crippen molar-refractivity contribution in [1.82, 2.24) is 15.2 Å². The number of aromatic nitrogens is 1. The van der Waals surface area contributed by atoms with Crippen LogP contribution in [0.4, 0.5) is 0 Å². The minimum atomic E-state index is 0.00237. The van der Waals surface area contributed by atoms with Crippen LogP contribution in [-0.2, 0) is 11.2 Å². The number of likely N-dealkylation sites (tertiary alicyclic amines) is 1. The maximum Gasteiger partial charge on any atom is 0.251 e. The monoisotopic (exact) mass is 349 g/mol. The second-order valence-electron chi connectivity index (χ2n) is 7.38. The van der Waals surface area contributed by atoms with Crippen molar-refractivity contribution >= 4 is 11.8 Å². The van der Waals surface area contributed by atoms with Crippen molar-refractivity contribution in [2.75, 3.05) is 13.1 Å². The van der Waals surface area contributed by atoms with Crippen LogP contribution in [0.25, 0.3) is 0 Å². The van der Waals surface area contributed by atoms with Gasteiger partial charge in [0.2, 0.25) is 5.91 Å². The number of pyridine rings is 1. The van der Waals surface area contributed by atoms with Crippen molar-refractivity contribution < 1.29 is 9.59 Å². The quantitative estimate of drug-likeness (QED) is 0.922. The van der Waals surface area contributed by atoms with E-state index in [0.29, 0.717) is 12.0 Å². The van der Waals surface area contributed by atoms with E-state index in [9.17, 15) is 9.59 Å². The number of hydrogen-bond acceptors (Lipinski definition) is 3. The standard InChI is InChI=1S/C21H23N3O2/c25-19(13-16-5-4-10-22-15-16)24-11-8-21(9-12-24)14-18(21)23-20(26)17-6-2-1-3-7-17/h1-7,10,15,18H,8-9,11-14H2,(H,23,26). The van der Waals surface area contributed by atoms with Crippen molar-refractivity contribution in [3.05, 3.63) is 66.0 Å². The zero-order valence-corrected chi connectivity index (χ0v) is 14.7. The normalized spacial score (nSPS) is 20.6. The summed E-state index contributed by atoms with van der Waals surface area (Å²) in [4.78, 5) is 30.8. The molecule has 1 atom stereocenters. The first-order valence-corrected chi connectivity index (χ1v) is 9.19. The Hall–Kier alpha value is -2.69. The van der Waals surface area contributed by atoms with Crippen molar-refractivity contribution in [2.45, 2.75) is 31.7 Å². The molecule has 1 aromatic heterocycles. The molecule has 1 aliphatic carbocycles. The number of hydrogen-bond donors (Lipinski definition) is 1. The largest absolute Gasteiger partial charge is 0.349 e. The number of carbonyl (C=O) groups is 2. The van der Waals surface area contributed by atoms with Crippen molar-refractivity contribution in [3.63, 3.8) is 0 Å². The third kappa shape index (κ3) is 3.47. The first-order chi connectivity index (χ1) is 12.7. The molecule has 2 fully saturated rings. The second kappa shape index (κ2) is 6.90. The van der Waals surface area contributed by atoms with E-state index in [0.717, 1.165) is 37.9 Å². The van der Waals surface area contributed by atoms with Crippen LogP contribution >= 0.6 is 0 Å². The van der Waals surface area contributed by atoms with E-state index in [1.165, 1.54) is 0 Å². The molecule has 1 spiro atoms. The number of rotatable bonds is 4. The molecule has 1 N–H and O–H groups in total. The smallest absolute Gasteiger partial charge is 0.251 e. The molecular formula is C21H23N3O2. The van der Waals surface area contributed by atoms with Crippen LogP contribution in [0.3, 0.4) is 0 Å². The van der Waals surface area contributed by atoms with Crippen LogP contribution < -0.4 is 5.32 Å². The SMILES string of the molecule is O=C(NC1CC12CCN(C(=O)Cc1cccnc1)CC2)c1ccccc1. The number of carbonyl (C=O) groups excluding carboxylic acids is 2. The van der Waals surface area contributed by atoms with Crippen LogP contribution in [0.2, 0.25) is 0 Å². The minimum Gasteiger partial charge on any atom is -0.349 e. The molecule has 2 aromatic rings. The number of piperidine rings is 1. The van der Waals surface area contributed by atoms with Gasteiger partial charge in [0, 0.05) is 37.1 Å². The van der Waals surface area contributed by atoms with E-state index in [2.05, 4.69) is 10.3 Å². The summed E-state index contributed by atoms with van der Waals surface area (Å²) in [5.41, 5.74) is 1.85. The van der Waals surface area contributed by atoms with Crippen LogP contribution in [0, 0.1) is 5.41 Å². The van der Waals surface area contributed by atoms with Crippen LogP contribution in [-0.4, -0.2) is 40.8 Å². The Balaban J connectivity index is 1.28. The summed E-state index contributed by atoms with van der Waals surface area (Å²) in [5.74, 6) is 0.168. The van der Waals surface area contributed by atoms with E-state index in [-0.39, 0.29) is 23.3 Å². The van der Waals surface area contributed by atoms with Gasteiger partial charge in [0.15, 0.2) is 0 Å². The van der Waals surface area contributed by atoms with E-state index in [1.807, 2.05) is 47.4 Å². The summed E-state index contributed by atoms with van der Waals surface area (Å²) in [6.07, 6.45) is 6.83. The summed E-state index contributed by atoms with van der Waals surface area (Å²) in [5, 5.41) is 3.16. The molecule has 1 aromatic carbocycles. The molecule has 26 heavy (non-hydrogen) atoms. The molecule has 2 heterocycles. The van der Waals surface area contributed by atoms with Gasteiger partial charge in [-0.25, -0.2) is 0 Å². The number of nitrogens with zero attached hydrogens (tertiary/aromatic N) is 2. The van der Waals surface area contributed by atoms with Gasteiger partial charge in [-0.05, 0) is 48.4 Å². The molecule has 5 nitrogen and oxygen atoms in total. The first kappa shape index (κ1) is 16.8. The van der Waals surface area contributed by atoms with Crippen LogP contribution in [0.1, 0.15) is 35.2 Å². The summed E-state index contributed by atoms with van der Waals surface area (Å²) in [6, 6.07) is 13.4. The average molecular weight is 349 g/mol. The Bertz CT molecular complexity index is 783. The number of nitrogens with one attached hydrogen (secondary N) is 1. The van der Waals surface area contributed by atoms with Gasteiger partial charge >= 0.3 is 0 Å². The highest BCUT2D eigenvalue weighted by Gasteiger charge is 2.55. The Kier molecular flexibility index (Phi) is 4.45. The van der Waals surface area contributed by atoms with Crippen molar-refractivity contribution in [3.8, 4) is 0 Å². The fourth-order valence-electron chi connectivity index (χ4n) is 3.93. The van der Waals surface area contributed by atoms with Gasteiger partial charge in [0.25, 0.3) is 5.91 Å². The fraction of sp³-hybridized carbons (Fsp3) is 0.381. The Morgan fingerprint density at radius 2 is 1.88 bits per heavy atom. The van der Waals surface area contributed by atoms with Crippen molar-refractivity contribution in [2.24, 2.45) is 5.41 Å². The highest BCUT2D eigenvalue weighted by Crippen LogP contribution is 2.54. The zero-order chi connectivity index (χ0) is 18.0. The molecule has 1 aliphatic heterocycles. The molecule has 1 saturated heterocycles. The van der Waals surface area contributed by atoms with Gasteiger partial charge in [-0.1, -0.05) is 24.3 Å². The summed E-state index contributed by atoms with van der Waals surface area (Å²) in [7, 11) is 0. The summed E-state index contributed by atoms with van der Waals surface area (Å²) in [6.45, 7) is 1.55. The fourth-order valence-corrected chi connectivity index (χ4v) is 3.93. The van der Waals surface area contributed by atoms with Gasteiger partial charge in [-0.3, -0.25) is 14.6 Å². The lowest BCUT2D eigenvalue weighted by Crippen LogP contribution is -2.42. The van der Waals surface area contributed by atoms with E-state index in [1.54, 1.807) is 12.4 Å². The van der Waals surface area contributed by atoms with Gasteiger partial charge in [-0.2, -0.15) is 0 Å². The maximum atomic E-state index is 12.5. The molecule has 2 amide bonds. The Morgan fingerprint density at radius 3 is 2.58 bits per heavy atom. The second-order valence-corrected chi connectivity index (χ2v) is 7.38. The highest BCUT2D eigenvalue weighted by molar-refractivity contribution is 5.94. The lowest BCUT2D eigenvalue weighted by molar-refractivity contribution is -0.132. The van der Waals surface area contributed by atoms with Crippen LogP contribution in [0.5, 0.6) is 0 Å². The number of benzene rings is 1. The van der Waals surface area contributed by atoms with Gasteiger partial charge in [-0.15, -0.1) is 0 Å². The predicted molar refractivity (Wildman–Crippen MR) is 98.5 cm³/mol. The topological polar surface area (TPSA) is 62.3 Å². The van der Waals surface area contributed by atoms with Gasteiger partial charge in [0.05, 0.1) is 6.42 Å². The molecular weight excluding hydrogens is 326 g/mol. The Morgan fingerprint density at radius 1 is 1.12 bits per heavy atom. The number of amides is 2. The van der Waals surface area contributed by atoms with E-state index >= 15 is 0 Å². The zero-order valence-electron chi connectivity index (χ0n) is 14.7. The first-order valence-electron chi connectivity index (χ1n) is 9.19. The van der Waals surface area contributed by atoms with Gasteiger partial charge < -0.3 is 10.2 Å². The van der Waals surface area contributed by atoms with Crippen LogP contribution in [0.15, 0.2) is 54.9 Å². The highest BCUT2D eigenvalue weighted by atomic mass is 16.2. The maximum absolute atomic E-state index is 12.5. The van der Waals surface area contributed by atoms with Gasteiger partial charge in [0.1, 0.15) is 0 Å². The molecule has 1 unspecified atom stereocenters. The third-order valence-electron chi connectivity index (χ3n) is 5.72. The lowest BCUT2D eigenvalue weighted by atomic mass is 9.92. The summed E-state index contributed by atoms with van der Waals surface area (Å²) < 4.78 is 0. The molecule has 5 heteroatoms. The lowest BCUT2D eigenvalue weighted by Gasteiger charge is -2.33. The molecule has 2 aliphatic rings. The molecule has 4 rings (SSSR count). The predicted octanol–water partition coefficient (Wildman–Crippen LogP) is 2.44. The summed E-state index contributed by atoms with van der Waals surface area (Å²) >= 11 is 0. The Labute approximate surface area is 153 Å². The molecule has 0 radical (unpaired) electrons. The third-order valence-corrected chi connectivity index (χ3v) is 5.72. The average Bonchev–Trinajstić information content (AvgIpc) is 3.34. The minimum absolute atomic E-state index is 0.00237. The molecule has 0 bridgehead atoms. The molecule has 134 valence electrons. The van der Waals surface area contributed by atoms with Crippen molar-refractivity contribution in [1.29, 1.82) is 0 Å². The van der Waals surface area contributed by atoms with E-state index in [4.69, 9.17) is 0 Å². The molecule has 1 saturated carbocycles. The van der Waals surface area contributed by atoms with E-state index < -0.39 is 0 Å².